The number of anilines is 5. The molecule has 3 aliphatic rings. The Morgan fingerprint density at radius 1 is 0.915 bits per heavy atom. The number of aromatic nitrogens is 2. The number of halogens is 1. The first-order valence-electron chi connectivity index (χ1n) is 20.6. The first-order valence-corrected chi connectivity index (χ1v) is 23.6. The number of nitrogens with one attached hydrogen (secondary N) is 4. The van der Waals surface area contributed by atoms with Gasteiger partial charge in [0.15, 0.2) is 5.82 Å². The second-order valence-electron chi connectivity index (χ2n) is 16.0. The number of para-hydroxylation sites is 1. The Bertz CT molecular complexity index is 2230. The van der Waals surface area contributed by atoms with Gasteiger partial charge in [-0.25, -0.2) is 4.98 Å². The fourth-order valence-electron chi connectivity index (χ4n) is 8.21. The number of benzene rings is 3. The molecule has 0 radical (unpaired) electrons. The smallest absolute Gasteiger partial charge is 0.255 e. The van der Waals surface area contributed by atoms with Gasteiger partial charge in [-0.05, 0) is 99.9 Å². The number of hydrogen-bond acceptors (Lipinski definition) is 11. The Balaban J connectivity index is 0.802. The molecule has 3 amide bonds. The zero-order chi connectivity index (χ0) is 41.5. The normalized spacial score (nSPS) is 17.2. The number of ether oxygens (including phenoxy) is 1. The van der Waals surface area contributed by atoms with E-state index in [0.29, 0.717) is 52.8 Å². The first-order chi connectivity index (χ1) is 28.5. The fraction of sp³-hybridized carbons (Fsp3) is 0.432. The molecule has 3 aromatic carbocycles. The maximum atomic E-state index is 13.0. The third kappa shape index (κ3) is 10.4. The highest BCUT2D eigenvalue weighted by Crippen LogP contribution is 2.39. The number of piperidine rings is 2. The van der Waals surface area contributed by atoms with Crippen LogP contribution < -0.4 is 36.2 Å². The molecule has 2 saturated heterocycles. The van der Waals surface area contributed by atoms with E-state index >= 15 is 0 Å². The molecule has 13 nitrogen and oxygen atoms in total. The number of fused-ring (bicyclic) bond motifs is 1. The molecule has 59 heavy (non-hydrogen) atoms. The van der Waals surface area contributed by atoms with Gasteiger partial charge in [0.25, 0.3) is 5.91 Å². The minimum Gasteiger partial charge on any atom is -0.494 e. The summed E-state index contributed by atoms with van der Waals surface area (Å²) in [6.45, 7) is 6.83. The van der Waals surface area contributed by atoms with E-state index in [-0.39, 0.29) is 24.1 Å². The average molecular weight is 841 g/mol. The quantitative estimate of drug-likeness (QED) is 0.0478. The number of hydrogen-bond donors (Lipinski definition) is 4. The summed E-state index contributed by atoms with van der Waals surface area (Å²) in [7, 11) is -0.886. The summed E-state index contributed by atoms with van der Waals surface area (Å²) in [4.78, 5) is 49.9. The van der Waals surface area contributed by atoms with Crippen molar-refractivity contribution < 1.29 is 23.7 Å². The van der Waals surface area contributed by atoms with Gasteiger partial charge in [0, 0.05) is 54.7 Å². The van der Waals surface area contributed by atoms with Gasteiger partial charge in [0.1, 0.15) is 24.0 Å². The number of aryl methyl sites for hydroxylation is 1. The van der Waals surface area contributed by atoms with Gasteiger partial charge in [-0.2, -0.15) is 4.98 Å². The maximum Gasteiger partial charge on any atom is 0.255 e. The molecule has 1 atom stereocenters. The second-order valence-corrected chi connectivity index (χ2v) is 19.6. The number of methoxy groups -OCH3 is 1. The molecule has 4 N–H and O–H groups in total. The standard InChI is InChI=1S/C44H54ClN8O5P/c1-58-38-26-32(15-17-35(38)49-44-47-27-34(45)41(51-44)48-36-12-8-9-13-39(36)59(2,3)57)52-23-20-31(21-24-52)46-22-10-6-4-5-7-11-29-14-16-33-30(25-29)28-53(43(33)56)37-18-19-40(54)50-42(37)55/h8-9,12-17,25-27,31,37,46H,4-7,10-11,18-24,28H2,1-3H3,(H,50,54,55)(H2,47,48,49,51). The van der Waals surface area contributed by atoms with E-state index in [4.69, 9.17) is 16.3 Å². The van der Waals surface area contributed by atoms with Crippen molar-refractivity contribution in [1.29, 1.82) is 0 Å². The lowest BCUT2D eigenvalue weighted by Crippen LogP contribution is -2.52. The SMILES string of the molecule is COc1cc(N2CCC(NCCCCCCCc3ccc4c(c3)CN(C3CCC(=O)NC3=O)C4=O)CC2)ccc1Nc1ncc(Cl)c(Nc2ccccc2P(C)(C)=O)n1. The van der Waals surface area contributed by atoms with E-state index in [0.717, 1.165) is 80.4 Å². The van der Waals surface area contributed by atoms with E-state index in [9.17, 15) is 18.9 Å². The first kappa shape index (κ1) is 42.2. The lowest BCUT2D eigenvalue weighted by molar-refractivity contribution is -0.136. The summed E-state index contributed by atoms with van der Waals surface area (Å²) in [5.74, 6) is 0.668. The van der Waals surface area contributed by atoms with Crippen molar-refractivity contribution >= 4 is 70.6 Å². The molecule has 0 spiro atoms. The van der Waals surface area contributed by atoms with Crippen LogP contribution in [-0.4, -0.2) is 84.7 Å². The van der Waals surface area contributed by atoms with Crippen molar-refractivity contribution in [3.8, 4) is 5.75 Å². The molecule has 3 aliphatic heterocycles. The van der Waals surface area contributed by atoms with Crippen molar-refractivity contribution in [2.45, 2.75) is 82.8 Å². The Labute approximate surface area is 351 Å². The highest BCUT2D eigenvalue weighted by molar-refractivity contribution is 7.70. The van der Waals surface area contributed by atoms with E-state index in [1.807, 2.05) is 48.5 Å². The minimum atomic E-state index is -2.54. The number of unbranched alkanes of at least 4 members (excludes halogenated alkanes) is 4. The molecule has 15 heteroatoms. The number of carbonyl (C=O) groups is 3. The van der Waals surface area contributed by atoms with Crippen LogP contribution in [0.5, 0.6) is 5.75 Å². The predicted octanol–water partition coefficient (Wildman–Crippen LogP) is 7.39. The van der Waals surface area contributed by atoms with E-state index in [2.05, 4.69) is 48.3 Å². The monoisotopic (exact) mass is 840 g/mol. The average Bonchev–Trinajstić information content (AvgIpc) is 3.55. The van der Waals surface area contributed by atoms with Crippen molar-refractivity contribution in [1.82, 2.24) is 25.5 Å². The van der Waals surface area contributed by atoms with Crippen molar-refractivity contribution in [2.75, 3.05) is 55.6 Å². The van der Waals surface area contributed by atoms with Gasteiger partial charge in [0.05, 0.1) is 24.7 Å². The lowest BCUT2D eigenvalue weighted by Gasteiger charge is -2.34. The molecule has 1 aromatic heterocycles. The molecule has 312 valence electrons. The molecule has 7 rings (SSSR count). The highest BCUT2D eigenvalue weighted by Gasteiger charge is 2.39. The van der Waals surface area contributed by atoms with E-state index < -0.39 is 13.2 Å². The van der Waals surface area contributed by atoms with Gasteiger partial charge in [-0.15, -0.1) is 0 Å². The predicted molar refractivity (Wildman–Crippen MR) is 235 cm³/mol. The zero-order valence-electron chi connectivity index (χ0n) is 34.1. The molecule has 1 unspecified atom stereocenters. The van der Waals surface area contributed by atoms with Crippen LogP contribution in [0.2, 0.25) is 5.02 Å². The van der Waals surface area contributed by atoms with Gasteiger partial charge in [0.2, 0.25) is 17.8 Å². The highest BCUT2D eigenvalue weighted by atomic mass is 35.5. The third-order valence-corrected chi connectivity index (χ3v) is 13.3. The second kappa shape index (κ2) is 19.0. The number of nitrogens with zero attached hydrogens (tertiary/aromatic N) is 4. The number of amides is 3. The van der Waals surface area contributed by atoms with Crippen LogP contribution in [0, 0.1) is 0 Å². The minimum absolute atomic E-state index is 0.123. The van der Waals surface area contributed by atoms with Gasteiger partial charge in [-0.1, -0.05) is 55.1 Å². The molecular formula is C44H54ClN8O5P. The summed E-state index contributed by atoms with van der Waals surface area (Å²) < 4.78 is 18.7. The third-order valence-electron chi connectivity index (χ3n) is 11.4. The molecule has 0 bridgehead atoms. The van der Waals surface area contributed by atoms with Gasteiger partial charge >= 0.3 is 0 Å². The van der Waals surface area contributed by atoms with Crippen LogP contribution in [0.25, 0.3) is 0 Å². The van der Waals surface area contributed by atoms with Crippen LogP contribution in [0.4, 0.5) is 28.8 Å². The van der Waals surface area contributed by atoms with Crippen LogP contribution in [-0.2, 0) is 27.1 Å². The topological polar surface area (TPSA) is 158 Å². The van der Waals surface area contributed by atoms with Gasteiger partial charge < -0.3 is 35.1 Å². The van der Waals surface area contributed by atoms with Crippen LogP contribution in [0.15, 0.2) is 66.9 Å². The Morgan fingerprint density at radius 2 is 1.69 bits per heavy atom. The van der Waals surface area contributed by atoms with Crippen LogP contribution >= 0.6 is 18.7 Å². The summed E-state index contributed by atoms with van der Waals surface area (Å²) in [5.41, 5.74) is 5.39. The Kier molecular flexibility index (Phi) is 13.5. The van der Waals surface area contributed by atoms with E-state index in [1.165, 1.54) is 24.6 Å². The largest absolute Gasteiger partial charge is 0.494 e. The van der Waals surface area contributed by atoms with Gasteiger partial charge in [-0.3, -0.25) is 19.7 Å². The fourth-order valence-corrected chi connectivity index (χ4v) is 9.50. The molecule has 0 aliphatic carbocycles. The summed E-state index contributed by atoms with van der Waals surface area (Å²) >= 11 is 6.47. The van der Waals surface area contributed by atoms with Crippen molar-refractivity contribution in [2.24, 2.45) is 0 Å². The van der Waals surface area contributed by atoms with Crippen LogP contribution in [0.1, 0.15) is 79.3 Å². The summed E-state index contributed by atoms with van der Waals surface area (Å²) in [6.07, 6.45) is 11.1. The molecule has 2 fully saturated rings. The molecule has 0 saturated carbocycles. The van der Waals surface area contributed by atoms with Crippen molar-refractivity contribution in [3.63, 3.8) is 0 Å². The molecule has 4 heterocycles. The number of rotatable bonds is 17. The van der Waals surface area contributed by atoms with Crippen LogP contribution in [0.3, 0.4) is 0 Å². The molecule has 4 aromatic rings. The summed E-state index contributed by atoms with van der Waals surface area (Å²) in [5, 5.41) is 13.7. The Hall–Kier alpha value is -4.97. The molecular weight excluding hydrogens is 787 g/mol. The lowest BCUT2D eigenvalue weighted by atomic mass is 10.0. The zero-order valence-corrected chi connectivity index (χ0v) is 35.7. The Morgan fingerprint density at radius 3 is 2.47 bits per heavy atom. The number of imide groups is 1. The van der Waals surface area contributed by atoms with Crippen molar-refractivity contribution in [3.05, 3.63) is 88.6 Å². The summed E-state index contributed by atoms with van der Waals surface area (Å²) in [6, 6.07) is 19.6. The maximum absolute atomic E-state index is 13.0. The number of carbonyl (C=O) groups excluding carboxylic acids is 3. The van der Waals surface area contributed by atoms with E-state index in [1.54, 1.807) is 25.3 Å².